The van der Waals surface area contributed by atoms with Crippen molar-refractivity contribution in [1.29, 1.82) is 0 Å². The molecule has 25 heavy (non-hydrogen) atoms. The van der Waals surface area contributed by atoms with Gasteiger partial charge >= 0.3 is 0 Å². The number of nitrogens with one attached hydrogen (secondary N) is 2. The number of ether oxygens (including phenoxy) is 1. The van der Waals surface area contributed by atoms with E-state index < -0.39 is 0 Å². The largest absolute Gasteiger partial charge is 0.497 e. The normalized spacial score (nSPS) is 10.6. The number of nitrogens with zero attached hydrogens (tertiary/aromatic N) is 2. The molecule has 0 spiro atoms. The molecule has 0 aliphatic rings. The van der Waals surface area contributed by atoms with Crippen LogP contribution in [0, 0.1) is 12.8 Å². The van der Waals surface area contributed by atoms with Crippen LogP contribution in [-0.2, 0) is 6.42 Å². The van der Waals surface area contributed by atoms with Crippen LogP contribution in [0.2, 0.25) is 0 Å². The SMILES string of the molecule is COc1ccc(CCNc2nc(C)cc(C(=O)NCC(C)C)n2)cc1. The van der Waals surface area contributed by atoms with E-state index in [1.54, 1.807) is 13.2 Å². The van der Waals surface area contributed by atoms with Crippen LogP contribution in [-0.4, -0.2) is 36.1 Å². The fourth-order valence-corrected chi connectivity index (χ4v) is 2.26. The van der Waals surface area contributed by atoms with E-state index in [0.717, 1.165) is 17.9 Å². The predicted octanol–water partition coefficient (Wildman–Crippen LogP) is 2.83. The summed E-state index contributed by atoms with van der Waals surface area (Å²) in [7, 11) is 1.65. The topological polar surface area (TPSA) is 76.1 Å². The Morgan fingerprint density at radius 3 is 2.56 bits per heavy atom. The van der Waals surface area contributed by atoms with Gasteiger partial charge in [-0.15, -0.1) is 0 Å². The van der Waals surface area contributed by atoms with Gasteiger partial charge in [-0.3, -0.25) is 4.79 Å². The number of aryl methyl sites for hydroxylation is 1. The molecule has 0 atom stereocenters. The number of methoxy groups -OCH3 is 1. The summed E-state index contributed by atoms with van der Waals surface area (Å²) in [4.78, 5) is 20.8. The maximum Gasteiger partial charge on any atom is 0.270 e. The fraction of sp³-hybridized carbons (Fsp3) is 0.421. The van der Waals surface area contributed by atoms with Gasteiger partial charge in [0.2, 0.25) is 5.95 Å². The molecular weight excluding hydrogens is 316 g/mol. The molecule has 0 fully saturated rings. The van der Waals surface area contributed by atoms with Gasteiger partial charge in [-0.05, 0) is 43.0 Å². The Bertz CT molecular complexity index is 699. The first-order valence-electron chi connectivity index (χ1n) is 8.48. The first-order chi connectivity index (χ1) is 12.0. The van der Waals surface area contributed by atoms with E-state index >= 15 is 0 Å². The van der Waals surface area contributed by atoms with E-state index in [1.807, 2.05) is 31.2 Å². The van der Waals surface area contributed by atoms with Gasteiger partial charge in [0.25, 0.3) is 5.91 Å². The van der Waals surface area contributed by atoms with Crippen molar-refractivity contribution in [2.75, 3.05) is 25.5 Å². The van der Waals surface area contributed by atoms with Crippen LogP contribution in [0.5, 0.6) is 5.75 Å². The van der Waals surface area contributed by atoms with Crippen LogP contribution in [0.25, 0.3) is 0 Å². The zero-order valence-corrected chi connectivity index (χ0v) is 15.3. The smallest absolute Gasteiger partial charge is 0.270 e. The maximum atomic E-state index is 12.2. The predicted molar refractivity (Wildman–Crippen MR) is 99.1 cm³/mol. The van der Waals surface area contributed by atoms with E-state index in [2.05, 4.69) is 34.4 Å². The molecule has 0 bridgehead atoms. The molecule has 0 saturated heterocycles. The lowest BCUT2D eigenvalue weighted by Crippen LogP contribution is -2.28. The van der Waals surface area contributed by atoms with Crippen molar-refractivity contribution in [2.45, 2.75) is 27.2 Å². The number of rotatable bonds is 8. The molecule has 1 aromatic carbocycles. The fourth-order valence-electron chi connectivity index (χ4n) is 2.26. The molecular formula is C19H26N4O2. The van der Waals surface area contributed by atoms with Gasteiger partial charge in [-0.1, -0.05) is 26.0 Å². The van der Waals surface area contributed by atoms with Gasteiger partial charge in [0, 0.05) is 18.8 Å². The van der Waals surface area contributed by atoms with E-state index in [0.29, 0.717) is 30.6 Å². The Hall–Kier alpha value is -2.63. The quantitative estimate of drug-likeness (QED) is 0.771. The number of carbonyl (C=O) groups excluding carboxylic acids is 1. The highest BCUT2D eigenvalue weighted by Gasteiger charge is 2.10. The molecule has 0 saturated carbocycles. The Morgan fingerprint density at radius 2 is 1.92 bits per heavy atom. The summed E-state index contributed by atoms with van der Waals surface area (Å²) in [6, 6.07) is 9.64. The van der Waals surface area contributed by atoms with Crippen LogP contribution >= 0.6 is 0 Å². The lowest BCUT2D eigenvalue weighted by Gasteiger charge is -2.10. The second-order valence-electron chi connectivity index (χ2n) is 6.35. The zero-order valence-electron chi connectivity index (χ0n) is 15.3. The molecule has 1 heterocycles. The first kappa shape index (κ1) is 18.7. The minimum atomic E-state index is -0.169. The van der Waals surface area contributed by atoms with Gasteiger partial charge in [0.05, 0.1) is 7.11 Å². The molecule has 0 unspecified atom stereocenters. The Morgan fingerprint density at radius 1 is 1.20 bits per heavy atom. The minimum Gasteiger partial charge on any atom is -0.497 e. The van der Waals surface area contributed by atoms with Crippen LogP contribution in [0.3, 0.4) is 0 Å². The van der Waals surface area contributed by atoms with Gasteiger partial charge in [-0.25, -0.2) is 9.97 Å². The molecule has 2 N–H and O–H groups in total. The van der Waals surface area contributed by atoms with Crippen molar-refractivity contribution in [3.8, 4) is 5.75 Å². The van der Waals surface area contributed by atoms with Crippen molar-refractivity contribution in [3.63, 3.8) is 0 Å². The van der Waals surface area contributed by atoms with Crippen LogP contribution in [0.1, 0.15) is 35.6 Å². The Balaban J connectivity index is 1.93. The highest BCUT2D eigenvalue weighted by Crippen LogP contribution is 2.12. The molecule has 2 aromatic rings. The summed E-state index contributed by atoms with van der Waals surface area (Å²) in [5, 5.41) is 6.07. The number of benzene rings is 1. The van der Waals surface area contributed by atoms with Gasteiger partial charge in [0.1, 0.15) is 11.4 Å². The summed E-state index contributed by atoms with van der Waals surface area (Å²) in [5.74, 6) is 1.55. The molecule has 0 aliphatic heterocycles. The lowest BCUT2D eigenvalue weighted by molar-refractivity contribution is 0.0944. The maximum absolute atomic E-state index is 12.2. The van der Waals surface area contributed by atoms with Crippen molar-refractivity contribution in [3.05, 3.63) is 47.3 Å². The minimum absolute atomic E-state index is 0.169. The van der Waals surface area contributed by atoms with Crippen molar-refractivity contribution < 1.29 is 9.53 Å². The third kappa shape index (κ3) is 6.06. The molecule has 0 aliphatic carbocycles. The van der Waals surface area contributed by atoms with Gasteiger partial charge < -0.3 is 15.4 Å². The zero-order chi connectivity index (χ0) is 18.2. The third-order valence-electron chi connectivity index (χ3n) is 3.61. The number of anilines is 1. The average molecular weight is 342 g/mol. The highest BCUT2D eigenvalue weighted by atomic mass is 16.5. The monoisotopic (exact) mass is 342 g/mol. The van der Waals surface area contributed by atoms with E-state index in [4.69, 9.17) is 4.74 Å². The average Bonchev–Trinajstić information content (AvgIpc) is 2.59. The van der Waals surface area contributed by atoms with Gasteiger partial charge in [0.15, 0.2) is 0 Å². The molecule has 2 rings (SSSR count). The van der Waals surface area contributed by atoms with E-state index in [1.165, 1.54) is 5.56 Å². The molecule has 1 aromatic heterocycles. The summed E-state index contributed by atoms with van der Waals surface area (Å²) < 4.78 is 5.15. The second-order valence-corrected chi connectivity index (χ2v) is 6.35. The molecule has 0 radical (unpaired) electrons. The third-order valence-corrected chi connectivity index (χ3v) is 3.61. The molecule has 6 heteroatoms. The number of hydrogen-bond acceptors (Lipinski definition) is 5. The number of carbonyl (C=O) groups is 1. The summed E-state index contributed by atoms with van der Waals surface area (Å²) >= 11 is 0. The van der Waals surface area contributed by atoms with E-state index in [9.17, 15) is 4.79 Å². The molecule has 1 amide bonds. The number of aromatic nitrogens is 2. The Kier molecular flexibility index (Phi) is 6.74. The highest BCUT2D eigenvalue weighted by molar-refractivity contribution is 5.92. The number of hydrogen-bond donors (Lipinski definition) is 2. The van der Waals surface area contributed by atoms with Crippen molar-refractivity contribution in [1.82, 2.24) is 15.3 Å². The van der Waals surface area contributed by atoms with Crippen LogP contribution < -0.4 is 15.4 Å². The summed E-state index contributed by atoms with van der Waals surface area (Å²) in [6.45, 7) is 7.27. The van der Waals surface area contributed by atoms with E-state index in [-0.39, 0.29) is 5.91 Å². The standard InChI is InChI=1S/C19H26N4O2/c1-13(2)12-21-18(24)17-11-14(3)22-19(23-17)20-10-9-15-5-7-16(25-4)8-6-15/h5-8,11,13H,9-10,12H2,1-4H3,(H,21,24)(H,20,22,23). The molecule has 6 nitrogen and oxygen atoms in total. The Labute approximate surface area is 149 Å². The number of amides is 1. The van der Waals surface area contributed by atoms with Crippen molar-refractivity contribution >= 4 is 11.9 Å². The lowest BCUT2D eigenvalue weighted by atomic mass is 10.1. The summed E-state index contributed by atoms with van der Waals surface area (Å²) in [6.07, 6.45) is 0.830. The van der Waals surface area contributed by atoms with Crippen LogP contribution in [0.15, 0.2) is 30.3 Å². The summed E-state index contributed by atoms with van der Waals surface area (Å²) in [5.41, 5.74) is 2.34. The van der Waals surface area contributed by atoms with Gasteiger partial charge in [-0.2, -0.15) is 0 Å². The van der Waals surface area contributed by atoms with Crippen LogP contribution in [0.4, 0.5) is 5.95 Å². The first-order valence-corrected chi connectivity index (χ1v) is 8.48. The molecule has 134 valence electrons. The van der Waals surface area contributed by atoms with Crippen molar-refractivity contribution in [2.24, 2.45) is 5.92 Å². The second kappa shape index (κ2) is 9.01.